The first-order chi connectivity index (χ1) is 5.65. The Morgan fingerprint density at radius 2 is 2.33 bits per heavy atom. The van der Waals surface area contributed by atoms with Crippen molar-refractivity contribution in [3.8, 4) is 0 Å². The molecule has 1 rings (SSSR count). The molecule has 1 heterocycles. The van der Waals surface area contributed by atoms with E-state index in [4.69, 9.17) is 10.3 Å². The molecule has 1 atom stereocenters. The molecule has 12 heavy (non-hydrogen) atoms. The summed E-state index contributed by atoms with van der Waals surface area (Å²) in [6, 6.07) is 0. The molecule has 0 amide bonds. The van der Waals surface area contributed by atoms with Crippen molar-refractivity contribution in [3.63, 3.8) is 0 Å². The minimum atomic E-state index is 0.508. The van der Waals surface area contributed by atoms with Gasteiger partial charge in [0.05, 0.1) is 3.57 Å². The molecule has 0 aliphatic heterocycles. The van der Waals surface area contributed by atoms with Crippen molar-refractivity contribution in [1.82, 2.24) is 5.16 Å². The van der Waals surface area contributed by atoms with Crippen molar-refractivity contribution in [1.29, 1.82) is 0 Å². The van der Waals surface area contributed by atoms with E-state index in [-0.39, 0.29) is 0 Å². The monoisotopic (exact) mass is 280 g/mol. The first kappa shape index (κ1) is 9.83. The number of halogens is 1. The third kappa shape index (κ3) is 2.12. The molecule has 0 aliphatic rings. The van der Waals surface area contributed by atoms with Crippen molar-refractivity contribution in [2.24, 2.45) is 5.92 Å². The van der Waals surface area contributed by atoms with E-state index in [1.54, 1.807) is 0 Å². The van der Waals surface area contributed by atoms with Crippen LogP contribution in [0.2, 0.25) is 0 Å². The van der Waals surface area contributed by atoms with Crippen LogP contribution >= 0.6 is 22.6 Å². The zero-order valence-electron chi connectivity index (χ0n) is 7.30. The standard InChI is InChI=1S/C8H13IN2O/c1-3-5(2)4-6-7(9)8(10)11-12-6/h5H,3-4H2,1-2H3,(H2,10,11). The number of nitrogens with zero attached hydrogens (tertiary/aromatic N) is 1. The number of hydrogen-bond acceptors (Lipinski definition) is 3. The van der Waals surface area contributed by atoms with Gasteiger partial charge in [0.15, 0.2) is 11.6 Å². The van der Waals surface area contributed by atoms with E-state index in [1.807, 2.05) is 0 Å². The number of anilines is 1. The van der Waals surface area contributed by atoms with E-state index < -0.39 is 0 Å². The minimum Gasteiger partial charge on any atom is -0.380 e. The zero-order valence-corrected chi connectivity index (χ0v) is 9.46. The molecule has 0 saturated heterocycles. The molecule has 0 radical (unpaired) electrons. The van der Waals surface area contributed by atoms with Crippen molar-refractivity contribution < 1.29 is 4.52 Å². The Labute approximate surface area is 85.8 Å². The van der Waals surface area contributed by atoms with E-state index in [1.165, 1.54) is 0 Å². The molecule has 68 valence electrons. The maximum absolute atomic E-state index is 5.55. The van der Waals surface area contributed by atoms with Gasteiger partial charge in [-0.1, -0.05) is 25.4 Å². The van der Waals surface area contributed by atoms with Crippen molar-refractivity contribution in [2.75, 3.05) is 5.73 Å². The lowest BCUT2D eigenvalue weighted by Crippen LogP contribution is -1.98. The predicted molar refractivity (Wildman–Crippen MR) is 56.8 cm³/mol. The number of nitrogens with two attached hydrogens (primary N) is 1. The maximum Gasteiger partial charge on any atom is 0.180 e. The maximum atomic E-state index is 5.55. The van der Waals surface area contributed by atoms with Gasteiger partial charge in [0.25, 0.3) is 0 Å². The highest BCUT2D eigenvalue weighted by molar-refractivity contribution is 14.1. The Kier molecular flexibility index (Phi) is 3.37. The average molecular weight is 280 g/mol. The molecule has 1 aromatic rings. The van der Waals surface area contributed by atoms with Gasteiger partial charge in [-0.05, 0) is 28.5 Å². The van der Waals surface area contributed by atoms with Gasteiger partial charge < -0.3 is 10.3 Å². The lowest BCUT2D eigenvalue weighted by Gasteiger charge is -2.03. The molecule has 2 N–H and O–H groups in total. The molecule has 0 aliphatic carbocycles. The topological polar surface area (TPSA) is 52.0 Å². The molecule has 4 heteroatoms. The predicted octanol–water partition coefficient (Wildman–Crippen LogP) is 2.45. The number of aromatic nitrogens is 1. The number of rotatable bonds is 3. The third-order valence-electron chi connectivity index (χ3n) is 1.95. The number of nitrogen functional groups attached to an aromatic ring is 1. The van der Waals surface area contributed by atoms with Crippen LogP contribution in [-0.2, 0) is 6.42 Å². The van der Waals surface area contributed by atoms with E-state index >= 15 is 0 Å². The summed E-state index contributed by atoms with van der Waals surface area (Å²) in [7, 11) is 0. The van der Waals surface area contributed by atoms with Crippen LogP contribution in [0.1, 0.15) is 26.0 Å². The van der Waals surface area contributed by atoms with Crippen LogP contribution in [0.4, 0.5) is 5.82 Å². The lowest BCUT2D eigenvalue weighted by atomic mass is 10.0. The van der Waals surface area contributed by atoms with Crippen LogP contribution in [0, 0.1) is 9.49 Å². The smallest absolute Gasteiger partial charge is 0.180 e. The van der Waals surface area contributed by atoms with Gasteiger partial charge in [0, 0.05) is 6.42 Å². The summed E-state index contributed by atoms with van der Waals surface area (Å²) in [5.74, 6) is 2.06. The quantitative estimate of drug-likeness (QED) is 0.865. The summed E-state index contributed by atoms with van der Waals surface area (Å²) in [6.45, 7) is 4.35. The van der Waals surface area contributed by atoms with E-state index in [9.17, 15) is 0 Å². The fourth-order valence-corrected chi connectivity index (χ4v) is 1.33. The Morgan fingerprint density at radius 1 is 1.67 bits per heavy atom. The summed E-state index contributed by atoms with van der Waals surface area (Å²) in [5.41, 5.74) is 5.55. The Morgan fingerprint density at radius 3 is 2.75 bits per heavy atom. The molecule has 0 saturated carbocycles. The van der Waals surface area contributed by atoms with Gasteiger partial charge in [-0.25, -0.2) is 0 Å². The van der Waals surface area contributed by atoms with Gasteiger partial charge in [0.2, 0.25) is 0 Å². The van der Waals surface area contributed by atoms with Crippen LogP contribution < -0.4 is 5.73 Å². The highest BCUT2D eigenvalue weighted by Gasteiger charge is 2.12. The SMILES string of the molecule is CCC(C)Cc1onc(N)c1I. The Hall–Kier alpha value is -0.260. The normalized spacial score (nSPS) is 13.2. The van der Waals surface area contributed by atoms with Crippen LogP contribution in [0.5, 0.6) is 0 Å². The highest BCUT2D eigenvalue weighted by atomic mass is 127. The second kappa shape index (κ2) is 4.11. The van der Waals surface area contributed by atoms with Gasteiger partial charge in [-0.3, -0.25) is 0 Å². The largest absolute Gasteiger partial charge is 0.380 e. The Bertz CT molecular complexity index is 260. The fourth-order valence-electron chi connectivity index (χ4n) is 0.915. The van der Waals surface area contributed by atoms with Gasteiger partial charge in [-0.2, -0.15) is 0 Å². The summed E-state index contributed by atoms with van der Waals surface area (Å²) < 4.78 is 6.05. The summed E-state index contributed by atoms with van der Waals surface area (Å²) in [5, 5.41) is 3.70. The molecule has 1 aromatic heterocycles. The van der Waals surface area contributed by atoms with Crippen molar-refractivity contribution in [3.05, 3.63) is 9.33 Å². The molecule has 1 unspecified atom stereocenters. The molecule has 0 spiro atoms. The van der Waals surface area contributed by atoms with Crippen molar-refractivity contribution >= 4 is 28.4 Å². The first-order valence-corrected chi connectivity index (χ1v) is 5.12. The molecular weight excluding hydrogens is 267 g/mol. The second-order valence-electron chi connectivity index (χ2n) is 3.02. The summed E-state index contributed by atoms with van der Waals surface area (Å²) in [6.07, 6.45) is 2.08. The third-order valence-corrected chi connectivity index (χ3v) is 3.11. The molecule has 0 fully saturated rings. The first-order valence-electron chi connectivity index (χ1n) is 4.04. The summed E-state index contributed by atoms with van der Waals surface area (Å²) in [4.78, 5) is 0. The van der Waals surface area contributed by atoms with Crippen LogP contribution in [0.3, 0.4) is 0 Å². The molecular formula is C8H13IN2O. The average Bonchev–Trinajstić information content (AvgIpc) is 2.36. The van der Waals surface area contributed by atoms with Crippen molar-refractivity contribution in [2.45, 2.75) is 26.7 Å². The van der Waals surface area contributed by atoms with Crippen LogP contribution in [0.25, 0.3) is 0 Å². The molecule has 0 aromatic carbocycles. The second-order valence-corrected chi connectivity index (χ2v) is 4.10. The molecule has 3 nitrogen and oxygen atoms in total. The van der Waals surface area contributed by atoms with E-state index in [0.29, 0.717) is 11.7 Å². The van der Waals surface area contributed by atoms with Crippen LogP contribution in [-0.4, -0.2) is 5.16 Å². The van der Waals surface area contributed by atoms with Gasteiger partial charge in [-0.15, -0.1) is 0 Å². The van der Waals surface area contributed by atoms with Gasteiger partial charge in [0.1, 0.15) is 0 Å². The molecule has 0 bridgehead atoms. The van der Waals surface area contributed by atoms with Gasteiger partial charge >= 0.3 is 0 Å². The minimum absolute atomic E-state index is 0.508. The lowest BCUT2D eigenvalue weighted by molar-refractivity contribution is 0.362. The Balaban J connectivity index is 2.69. The zero-order chi connectivity index (χ0) is 9.14. The highest BCUT2D eigenvalue weighted by Crippen LogP contribution is 2.22. The summed E-state index contributed by atoms with van der Waals surface area (Å²) >= 11 is 2.17. The van der Waals surface area contributed by atoms with E-state index in [2.05, 4.69) is 41.6 Å². The number of hydrogen-bond donors (Lipinski definition) is 1. The van der Waals surface area contributed by atoms with E-state index in [0.717, 1.165) is 22.2 Å². The van der Waals surface area contributed by atoms with Crippen LogP contribution in [0.15, 0.2) is 4.52 Å². The fraction of sp³-hybridized carbons (Fsp3) is 0.625.